The van der Waals surface area contributed by atoms with E-state index in [1.165, 1.54) is 23.9 Å². The van der Waals surface area contributed by atoms with E-state index >= 15 is 0 Å². The Morgan fingerprint density at radius 2 is 1.86 bits per heavy atom. The molecule has 0 spiro atoms. The number of amidine groups is 1. The van der Waals surface area contributed by atoms with Gasteiger partial charge >= 0.3 is 6.36 Å². The van der Waals surface area contributed by atoms with E-state index in [4.69, 9.17) is 0 Å². The van der Waals surface area contributed by atoms with Crippen LogP contribution in [0, 0.1) is 5.92 Å². The van der Waals surface area contributed by atoms with Crippen LogP contribution in [0.15, 0.2) is 29.3 Å². The lowest BCUT2D eigenvalue weighted by Crippen LogP contribution is -2.37. The fourth-order valence-corrected chi connectivity index (χ4v) is 7.42. The molecule has 1 amide bonds. The average Bonchev–Trinajstić information content (AvgIpc) is 3.06. The predicted octanol–water partition coefficient (Wildman–Crippen LogP) is 3.62. The zero-order chi connectivity index (χ0) is 21.4. The molecule has 0 radical (unpaired) electrons. The van der Waals surface area contributed by atoms with E-state index in [9.17, 15) is 26.4 Å². The molecule has 2 aliphatic heterocycles. The van der Waals surface area contributed by atoms with Crippen molar-refractivity contribution < 1.29 is 31.1 Å². The number of carbonyl (C=O) groups excluding carboxylic acids is 1. The van der Waals surface area contributed by atoms with Gasteiger partial charge in [0.1, 0.15) is 5.75 Å². The number of amides is 1. The Morgan fingerprint density at radius 1 is 1.24 bits per heavy atom. The van der Waals surface area contributed by atoms with Gasteiger partial charge in [-0.05, 0) is 37.1 Å². The molecular weight excluding hydrogens is 429 g/mol. The second-order valence-corrected chi connectivity index (χ2v) is 10.3. The van der Waals surface area contributed by atoms with Gasteiger partial charge in [0, 0.05) is 16.9 Å². The van der Waals surface area contributed by atoms with Crippen molar-refractivity contribution in [2.45, 2.75) is 44.3 Å². The molecule has 0 unspecified atom stereocenters. The van der Waals surface area contributed by atoms with Crippen LogP contribution < -0.4 is 9.64 Å². The van der Waals surface area contributed by atoms with Crippen molar-refractivity contribution in [3.8, 4) is 5.75 Å². The lowest BCUT2D eigenvalue weighted by molar-refractivity contribution is -0.274. The van der Waals surface area contributed by atoms with Crippen LogP contribution in [0.2, 0.25) is 0 Å². The van der Waals surface area contributed by atoms with Crippen molar-refractivity contribution in [2.24, 2.45) is 10.9 Å². The summed E-state index contributed by atoms with van der Waals surface area (Å²) in [6, 6.07) is 4.71. The molecule has 11 heteroatoms. The van der Waals surface area contributed by atoms with E-state index in [0.717, 1.165) is 12.1 Å². The smallest absolute Gasteiger partial charge is 0.406 e. The van der Waals surface area contributed by atoms with Gasteiger partial charge in [-0.25, -0.2) is 8.42 Å². The van der Waals surface area contributed by atoms with Gasteiger partial charge in [-0.15, -0.1) is 13.2 Å². The largest absolute Gasteiger partial charge is 0.573 e. The molecule has 2 aliphatic rings. The minimum Gasteiger partial charge on any atom is -0.406 e. The zero-order valence-electron chi connectivity index (χ0n) is 15.8. The van der Waals surface area contributed by atoms with Crippen LogP contribution in [0.4, 0.5) is 18.9 Å². The van der Waals surface area contributed by atoms with Crippen molar-refractivity contribution in [1.29, 1.82) is 0 Å². The van der Waals surface area contributed by atoms with Gasteiger partial charge in [-0.3, -0.25) is 4.79 Å². The Hall–Kier alpha value is -1.75. The summed E-state index contributed by atoms with van der Waals surface area (Å²) in [4.78, 5) is 18.4. The minimum absolute atomic E-state index is 0.0215. The summed E-state index contributed by atoms with van der Waals surface area (Å²) < 4.78 is 65.2. The standard InChI is InChI=1S/C18H21F3N2O4S2/c1-3-11(4-2)16(24)22-17-23(14-9-29(25,26)10-15(14)28-17)12-5-7-13(8-6-12)27-18(19,20)21/h5-8,11,14-15H,3-4,9-10H2,1-2H3/t14-,15-/m1/s1. The van der Waals surface area contributed by atoms with Gasteiger partial charge in [0.15, 0.2) is 15.0 Å². The maximum Gasteiger partial charge on any atom is 0.573 e. The number of nitrogens with zero attached hydrogens (tertiary/aromatic N) is 2. The lowest BCUT2D eigenvalue weighted by atomic mass is 10.0. The lowest BCUT2D eigenvalue weighted by Gasteiger charge is -2.25. The molecule has 6 nitrogen and oxygen atoms in total. The fourth-order valence-electron chi connectivity index (χ4n) is 3.50. The van der Waals surface area contributed by atoms with Crippen molar-refractivity contribution in [3.63, 3.8) is 0 Å². The number of sulfone groups is 1. The topological polar surface area (TPSA) is 76.0 Å². The van der Waals surface area contributed by atoms with Crippen LogP contribution in [-0.4, -0.2) is 48.7 Å². The third kappa shape index (κ3) is 5.06. The number of hydrogen-bond acceptors (Lipinski definition) is 5. The van der Waals surface area contributed by atoms with Crippen LogP contribution in [0.25, 0.3) is 0 Å². The molecule has 0 bridgehead atoms. The van der Waals surface area contributed by atoms with Crippen LogP contribution in [0.3, 0.4) is 0 Å². The SMILES string of the molecule is CCC(CC)C(=O)N=C1S[C@@H]2CS(=O)(=O)C[C@H]2N1c1ccc(OC(F)(F)F)cc1. The molecule has 0 aliphatic carbocycles. The number of benzene rings is 1. The van der Waals surface area contributed by atoms with Gasteiger partial charge < -0.3 is 9.64 Å². The first-order chi connectivity index (χ1) is 13.5. The molecule has 160 valence electrons. The molecule has 2 fully saturated rings. The van der Waals surface area contributed by atoms with Crippen molar-refractivity contribution in [2.75, 3.05) is 16.4 Å². The van der Waals surface area contributed by atoms with E-state index in [-0.39, 0.29) is 34.3 Å². The van der Waals surface area contributed by atoms with E-state index < -0.39 is 22.2 Å². The van der Waals surface area contributed by atoms with Crippen molar-refractivity contribution in [3.05, 3.63) is 24.3 Å². The number of halogens is 3. The average molecular weight is 451 g/mol. The number of fused-ring (bicyclic) bond motifs is 1. The Bertz CT molecular complexity index is 897. The highest BCUT2D eigenvalue weighted by atomic mass is 32.2. The number of ether oxygens (including phenoxy) is 1. The molecule has 2 saturated heterocycles. The molecule has 29 heavy (non-hydrogen) atoms. The molecule has 0 N–H and O–H groups in total. The summed E-state index contributed by atoms with van der Waals surface area (Å²) in [7, 11) is -3.23. The molecule has 3 rings (SSSR count). The number of carbonyl (C=O) groups is 1. The number of anilines is 1. The summed E-state index contributed by atoms with van der Waals surface area (Å²) in [6.07, 6.45) is -3.52. The summed E-state index contributed by atoms with van der Waals surface area (Å²) >= 11 is 1.23. The van der Waals surface area contributed by atoms with Crippen molar-refractivity contribution >= 4 is 38.4 Å². The Morgan fingerprint density at radius 3 is 2.41 bits per heavy atom. The van der Waals surface area contributed by atoms with E-state index in [1.54, 1.807) is 4.90 Å². The maximum atomic E-state index is 12.5. The molecule has 0 aromatic heterocycles. The third-order valence-corrected chi connectivity index (χ3v) is 8.17. The predicted molar refractivity (Wildman–Crippen MR) is 106 cm³/mol. The highest BCUT2D eigenvalue weighted by Gasteiger charge is 2.49. The molecule has 0 saturated carbocycles. The molecular formula is C18H21F3N2O4S2. The van der Waals surface area contributed by atoms with Crippen molar-refractivity contribution in [1.82, 2.24) is 0 Å². The summed E-state index contributed by atoms with van der Waals surface area (Å²) in [5.41, 5.74) is 0.465. The Labute approximate surface area is 171 Å². The number of aliphatic imine (C=N–C) groups is 1. The van der Waals surface area contributed by atoms with Gasteiger partial charge in [0.2, 0.25) is 0 Å². The summed E-state index contributed by atoms with van der Waals surface area (Å²) in [6.45, 7) is 3.79. The van der Waals surface area contributed by atoms with Gasteiger partial charge in [0.25, 0.3) is 5.91 Å². The number of rotatable bonds is 5. The van der Waals surface area contributed by atoms with Gasteiger partial charge in [0.05, 0.1) is 17.5 Å². The van der Waals surface area contributed by atoms with Crippen LogP contribution in [0.5, 0.6) is 5.75 Å². The van der Waals surface area contributed by atoms with Crippen LogP contribution >= 0.6 is 11.8 Å². The summed E-state index contributed by atoms with van der Waals surface area (Å²) in [5, 5.41) is 0.107. The van der Waals surface area contributed by atoms with Crippen LogP contribution in [-0.2, 0) is 14.6 Å². The normalized spacial score (nSPS) is 24.9. The number of alkyl halides is 3. The number of hydrogen-bond donors (Lipinski definition) is 0. The first-order valence-electron chi connectivity index (χ1n) is 9.17. The van der Waals surface area contributed by atoms with E-state index in [0.29, 0.717) is 23.7 Å². The van der Waals surface area contributed by atoms with E-state index in [2.05, 4.69) is 9.73 Å². The highest BCUT2D eigenvalue weighted by molar-refractivity contribution is 8.16. The van der Waals surface area contributed by atoms with Gasteiger partial charge in [-0.2, -0.15) is 4.99 Å². The molecule has 2 heterocycles. The second-order valence-electron chi connectivity index (χ2n) is 6.96. The summed E-state index contributed by atoms with van der Waals surface area (Å²) in [5.74, 6) is -0.995. The third-order valence-electron chi connectivity index (χ3n) is 4.96. The second kappa shape index (κ2) is 8.17. The molecule has 1 aromatic rings. The fraction of sp³-hybridized carbons (Fsp3) is 0.556. The number of thioether (sulfide) groups is 1. The first-order valence-corrected chi connectivity index (χ1v) is 11.9. The van der Waals surface area contributed by atoms with E-state index in [1.807, 2.05) is 13.8 Å². The van der Waals surface area contributed by atoms with Gasteiger partial charge in [-0.1, -0.05) is 25.6 Å². The van der Waals surface area contributed by atoms with Crippen LogP contribution in [0.1, 0.15) is 26.7 Å². The minimum atomic E-state index is -4.80. The molecule has 2 atom stereocenters. The Balaban J connectivity index is 1.93. The maximum absolute atomic E-state index is 12.5. The Kier molecular flexibility index (Phi) is 6.19. The highest BCUT2D eigenvalue weighted by Crippen LogP contribution is 2.41. The quantitative estimate of drug-likeness (QED) is 0.682. The molecule has 1 aromatic carbocycles. The monoisotopic (exact) mass is 450 g/mol. The zero-order valence-corrected chi connectivity index (χ0v) is 17.5. The first kappa shape index (κ1) is 21.9.